The number of rotatable bonds is 7. The third kappa shape index (κ3) is 5.76. The molecule has 0 amide bonds. The fourth-order valence-corrected chi connectivity index (χ4v) is 3.93. The fraction of sp³-hybridized carbons (Fsp3) is 0.857. The first-order valence-corrected chi connectivity index (χ1v) is 9.50. The minimum atomic E-state index is -5.00. The van der Waals surface area contributed by atoms with Crippen LogP contribution in [0.5, 0.6) is 0 Å². The van der Waals surface area contributed by atoms with Gasteiger partial charge >= 0.3 is 20.7 Å². The number of thiol groups is 1. The normalized spacial score (nSPS) is 20.5. The lowest BCUT2D eigenvalue weighted by Crippen LogP contribution is -2.31. The molecular formula is C7H18N5O6P2S+. The lowest BCUT2D eigenvalue weighted by molar-refractivity contribution is 0.195. The molecule has 0 spiro atoms. The summed E-state index contributed by atoms with van der Waals surface area (Å²) in [5.41, 5.74) is 0. The monoisotopic (exact) mass is 362 g/mol. The first-order valence-electron chi connectivity index (χ1n) is 5.84. The van der Waals surface area contributed by atoms with E-state index in [0.717, 1.165) is 0 Å². The molecule has 14 heteroatoms. The quantitative estimate of drug-likeness (QED) is 0.161. The number of hydrogen-bond acceptors (Lipinski definition) is 10. The van der Waals surface area contributed by atoms with Crippen LogP contribution < -0.4 is 0 Å². The number of hydrogen-bond donors (Lipinski definition) is 6. The van der Waals surface area contributed by atoms with Crippen LogP contribution in [0.25, 0.3) is 0 Å². The van der Waals surface area contributed by atoms with Gasteiger partial charge in [0.05, 0.1) is 0 Å². The van der Waals surface area contributed by atoms with E-state index in [-0.39, 0.29) is 12.7 Å². The van der Waals surface area contributed by atoms with Gasteiger partial charge in [-0.25, -0.2) is 9.56 Å². The Morgan fingerprint density at radius 3 is 2.38 bits per heavy atom. The van der Waals surface area contributed by atoms with Gasteiger partial charge in [-0.15, -0.1) is 0 Å². The van der Waals surface area contributed by atoms with Crippen molar-refractivity contribution in [2.75, 3.05) is 13.6 Å². The van der Waals surface area contributed by atoms with Crippen molar-refractivity contribution < 1.29 is 29.0 Å². The second-order valence-corrected chi connectivity index (χ2v) is 8.18. The van der Waals surface area contributed by atoms with E-state index < -0.39 is 20.7 Å². The first-order chi connectivity index (χ1) is 9.53. The minimum absolute atomic E-state index is 0.0544. The van der Waals surface area contributed by atoms with Crippen molar-refractivity contribution in [2.24, 2.45) is 15.4 Å². The molecule has 11 nitrogen and oxygen atoms in total. The highest BCUT2D eigenvalue weighted by Crippen LogP contribution is 2.60. The van der Waals surface area contributed by atoms with Crippen molar-refractivity contribution >= 4 is 33.5 Å². The molecule has 1 atom stereocenters. The molecule has 1 aliphatic heterocycles. The molecule has 0 aromatic heterocycles. The van der Waals surface area contributed by atoms with E-state index in [4.69, 9.17) is 24.5 Å². The third-order valence-corrected chi connectivity index (χ3v) is 5.90. The van der Waals surface area contributed by atoms with E-state index in [0.29, 0.717) is 19.3 Å². The summed E-state index contributed by atoms with van der Waals surface area (Å²) in [6, 6.07) is 0. The van der Waals surface area contributed by atoms with Crippen LogP contribution in [0.15, 0.2) is 15.4 Å². The van der Waals surface area contributed by atoms with E-state index >= 15 is 0 Å². The van der Waals surface area contributed by atoms with Gasteiger partial charge in [0.1, 0.15) is 6.17 Å². The van der Waals surface area contributed by atoms with E-state index in [9.17, 15) is 4.57 Å². The molecule has 0 saturated carbocycles. The first kappa shape index (κ1) is 18.7. The maximum atomic E-state index is 11.0. The molecule has 122 valence electrons. The van der Waals surface area contributed by atoms with Crippen molar-refractivity contribution in [1.82, 2.24) is 9.42 Å². The molecule has 21 heavy (non-hydrogen) atoms. The van der Waals surface area contributed by atoms with Crippen molar-refractivity contribution in [3.8, 4) is 0 Å². The maximum Gasteiger partial charge on any atom is 0.469 e. The molecule has 0 radical (unpaired) electrons. The number of unbranched alkanes of at least 4 members (excludes halogenated alkanes) is 1. The Balaban J connectivity index is 2.45. The molecule has 1 rings (SSSR count). The van der Waals surface area contributed by atoms with Gasteiger partial charge in [0.2, 0.25) is 0 Å². The van der Waals surface area contributed by atoms with Crippen LogP contribution in [-0.4, -0.2) is 58.8 Å². The highest BCUT2D eigenvalue weighted by molar-refractivity contribution is 8.00. The van der Waals surface area contributed by atoms with Crippen LogP contribution in [0.1, 0.15) is 19.3 Å². The highest BCUT2D eigenvalue weighted by Gasteiger charge is 2.51. The summed E-state index contributed by atoms with van der Waals surface area (Å²) in [5.74, 6) is 0. The number of nitrogens with zero attached hydrogens (tertiary/aromatic N) is 5. The van der Waals surface area contributed by atoms with Crippen molar-refractivity contribution in [1.29, 1.82) is 0 Å². The lowest BCUT2D eigenvalue weighted by Gasteiger charge is -2.20. The van der Waals surface area contributed by atoms with Gasteiger partial charge in [0.25, 0.3) is 0 Å². The van der Waals surface area contributed by atoms with Crippen LogP contribution in [0, 0.1) is 0 Å². The van der Waals surface area contributed by atoms with Gasteiger partial charge in [0, 0.05) is 13.6 Å². The minimum Gasteiger partial charge on any atom is -0.317 e. The summed E-state index contributed by atoms with van der Waals surface area (Å²) in [6.07, 6.45) is 1.54. The summed E-state index contributed by atoms with van der Waals surface area (Å²) in [4.78, 5) is 48.1. The summed E-state index contributed by atoms with van der Waals surface area (Å²) in [6.45, 7) is -0.0544. The number of aliphatic imine (C=N–C) groups is 1. The molecule has 0 aromatic rings. The van der Waals surface area contributed by atoms with Crippen molar-refractivity contribution in [3.63, 3.8) is 0 Å². The van der Waals surface area contributed by atoms with Crippen LogP contribution in [0.2, 0.25) is 0 Å². The van der Waals surface area contributed by atoms with Crippen LogP contribution >= 0.6 is 28.4 Å². The predicted molar refractivity (Wildman–Crippen MR) is 79.0 cm³/mol. The van der Waals surface area contributed by atoms with Crippen LogP contribution in [0.3, 0.4) is 0 Å². The SMILES string of the molecule is CN1N=NN(S)C1CCCCN=C(P(=O)(O)O)[P+](O)(O)O. The van der Waals surface area contributed by atoms with Gasteiger partial charge in [-0.3, -0.25) is 5.01 Å². The molecule has 1 heterocycles. The second kappa shape index (κ2) is 7.30. The molecule has 0 bridgehead atoms. The molecule has 1 aliphatic rings. The standard InChI is InChI=1S/C7H17N5O6P2S/c1-11-6(12(21)10-9-11)4-2-3-5-8-7(19(13,14)15)20(16,17)18/h6,13-15,21H,2-5H2,1H3,(H-,16,17,18)/p+1. The molecule has 0 saturated heterocycles. The maximum absolute atomic E-state index is 11.0. The van der Waals surface area contributed by atoms with Crippen LogP contribution in [0.4, 0.5) is 0 Å². The summed E-state index contributed by atoms with van der Waals surface area (Å²) in [7, 11) is -8.07. The fourth-order valence-electron chi connectivity index (χ4n) is 1.65. The molecule has 1 unspecified atom stereocenters. The summed E-state index contributed by atoms with van der Waals surface area (Å²) >= 11 is 4.09. The highest BCUT2D eigenvalue weighted by atomic mass is 32.1. The lowest BCUT2D eigenvalue weighted by atomic mass is 10.2. The zero-order valence-corrected chi connectivity index (χ0v) is 13.8. The predicted octanol–water partition coefficient (Wildman–Crippen LogP) is 0.130. The largest absolute Gasteiger partial charge is 0.469 e. The van der Waals surface area contributed by atoms with Crippen molar-refractivity contribution in [3.05, 3.63) is 0 Å². The molecule has 0 fully saturated rings. The molecule has 0 aliphatic carbocycles. The Kier molecular flexibility index (Phi) is 6.51. The third-order valence-electron chi connectivity index (χ3n) is 2.62. The van der Waals surface area contributed by atoms with E-state index in [1.807, 2.05) is 0 Å². The zero-order chi connectivity index (χ0) is 16.3. The van der Waals surface area contributed by atoms with E-state index in [1.54, 1.807) is 12.1 Å². The Hall–Kier alpha value is -0.320. The average Bonchev–Trinajstić information content (AvgIpc) is 2.61. The Morgan fingerprint density at radius 2 is 1.95 bits per heavy atom. The molecular weight excluding hydrogens is 344 g/mol. The van der Waals surface area contributed by atoms with E-state index in [2.05, 4.69) is 28.3 Å². The summed E-state index contributed by atoms with van der Waals surface area (Å²) in [5, 5.41) is 7.84. The zero-order valence-electron chi connectivity index (χ0n) is 11.1. The second-order valence-electron chi connectivity index (χ2n) is 4.34. The molecule has 5 N–H and O–H groups in total. The average molecular weight is 362 g/mol. The van der Waals surface area contributed by atoms with Gasteiger partial charge in [-0.2, -0.15) is 19.1 Å². The summed E-state index contributed by atoms with van der Waals surface area (Å²) < 4.78 is 12.4. The molecule has 0 aromatic carbocycles. The van der Waals surface area contributed by atoms with Gasteiger partial charge in [-0.1, -0.05) is 5.22 Å². The van der Waals surface area contributed by atoms with Gasteiger partial charge in [0.15, 0.2) is 0 Å². The Labute approximate surface area is 127 Å². The topological polar surface area (TPSA) is 162 Å². The van der Waals surface area contributed by atoms with Crippen molar-refractivity contribution in [2.45, 2.75) is 25.4 Å². The smallest absolute Gasteiger partial charge is 0.317 e. The Bertz CT molecular complexity index is 453. The van der Waals surface area contributed by atoms with Gasteiger partial charge in [-0.05, 0) is 37.3 Å². The Morgan fingerprint density at radius 1 is 1.33 bits per heavy atom. The van der Waals surface area contributed by atoms with Crippen LogP contribution in [-0.2, 0) is 4.57 Å². The van der Waals surface area contributed by atoms with Gasteiger partial charge < -0.3 is 9.79 Å². The van der Waals surface area contributed by atoms with E-state index in [1.165, 1.54) is 4.41 Å².